The Morgan fingerprint density at radius 2 is 1.84 bits per heavy atom. The SMILES string of the molecule is C=CN1CCC(CCCCCCCCC)CCC1=O. The van der Waals surface area contributed by atoms with Crippen LogP contribution in [0.1, 0.15) is 77.6 Å². The monoisotopic (exact) mass is 265 g/mol. The molecule has 0 aromatic carbocycles. The molecule has 2 heteroatoms. The minimum atomic E-state index is 0.261. The maximum absolute atomic E-state index is 11.7. The second-order valence-corrected chi connectivity index (χ2v) is 5.87. The van der Waals surface area contributed by atoms with Crippen LogP contribution >= 0.6 is 0 Å². The molecule has 0 spiro atoms. The third-order valence-corrected chi connectivity index (χ3v) is 4.30. The van der Waals surface area contributed by atoms with Crippen LogP contribution in [0.5, 0.6) is 0 Å². The van der Waals surface area contributed by atoms with Crippen molar-refractivity contribution in [3.63, 3.8) is 0 Å². The number of hydrogen-bond acceptors (Lipinski definition) is 1. The predicted molar refractivity (Wildman–Crippen MR) is 81.9 cm³/mol. The van der Waals surface area contributed by atoms with Crippen LogP contribution in [0.15, 0.2) is 12.8 Å². The molecule has 0 aliphatic carbocycles. The normalized spacial score (nSPS) is 20.4. The fourth-order valence-electron chi connectivity index (χ4n) is 2.93. The number of nitrogens with zero attached hydrogens (tertiary/aromatic N) is 1. The smallest absolute Gasteiger partial charge is 0.226 e. The number of rotatable bonds is 9. The molecule has 2 nitrogen and oxygen atoms in total. The van der Waals surface area contributed by atoms with E-state index in [0.717, 1.165) is 25.3 Å². The van der Waals surface area contributed by atoms with E-state index in [0.29, 0.717) is 6.42 Å². The van der Waals surface area contributed by atoms with Crippen molar-refractivity contribution in [2.24, 2.45) is 5.92 Å². The van der Waals surface area contributed by atoms with Gasteiger partial charge in [0.2, 0.25) is 5.91 Å². The number of carbonyl (C=O) groups is 1. The fraction of sp³-hybridized carbons (Fsp3) is 0.824. The fourth-order valence-corrected chi connectivity index (χ4v) is 2.93. The number of amides is 1. The summed E-state index contributed by atoms with van der Waals surface area (Å²) in [4.78, 5) is 13.5. The van der Waals surface area contributed by atoms with Gasteiger partial charge >= 0.3 is 0 Å². The summed E-state index contributed by atoms with van der Waals surface area (Å²) in [6.45, 7) is 6.86. The Morgan fingerprint density at radius 3 is 2.53 bits per heavy atom. The molecule has 1 fully saturated rings. The van der Waals surface area contributed by atoms with E-state index < -0.39 is 0 Å². The molecule has 19 heavy (non-hydrogen) atoms. The number of carbonyl (C=O) groups excluding carboxylic acids is 1. The highest BCUT2D eigenvalue weighted by Gasteiger charge is 2.20. The summed E-state index contributed by atoms with van der Waals surface area (Å²) in [5.74, 6) is 1.02. The van der Waals surface area contributed by atoms with Crippen LogP contribution < -0.4 is 0 Å². The van der Waals surface area contributed by atoms with Crippen molar-refractivity contribution >= 4 is 5.91 Å². The van der Waals surface area contributed by atoms with Gasteiger partial charge in [0.05, 0.1) is 0 Å². The molecule has 0 radical (unpaired) electrons. The molecule has 1 saturated heterocycles. The predicted octanol–water partition coefficient (Wildman–Crippen LogP) is 4.90. The quantitative estimate of drug-likeness (QED) is 0.543. The summed E-state index contributed by atoms with van der Waals surface area (Å²) < 4.78 is 0. The molecule has 0 N–H and O–H groups in total. The second kappa shape index (κ2) is 10.1. The number of unbranched alkanes of at least 4 members (excludes halogenated alkanes) is 6. The topological polar surface area (TPSA) is 20.3 Å². The van der Waals surface area contributed by atoms with Gasteiger partial charge in [0, 0.05) is 13.0 Å². The van der Waals surface area contributed by atoms with Gasteiger partial charge in [-0.25, -0.2) is 0 Å². The Labute approximate surface area is 119 Å². The Kier molecular flexibility index (Phi) is 8.61. The molecule has 1 heterocycles. The molecule has 1 unspecified atom stereocenters. The van der Waals surface area contributed by atoms with Crippen molar-refractivity contribution in [1.29, 1.82) is 0 Å². The minimum absolute atomic E-state index is 0.261. The van der Waals surface area contributed by atoms with Crippen LogP contribution in [0.2, 0.25) is 0 Å². The highest BCUT2D eigenvalue weighted by molar-refractivity contribution is 5.77. The van der Waals surface area contributed by atoms with Crippen LogP contribution in [-0.4, -0.2) is 17.4 Å². The van der Waals surface area contributed by atoms with Gasteiger partial charge < -0.3 is 4.90 Å². The molecule has 110 valence electrons. The molecule has 1 aliphatic heterocycles. The molecule has 1 rings (SSSR count). The highest BCUT2D eigenvalue weighted by atomic mass is 16.2. The van der Waals surface area contributed by atoms with E-state index in [1.165, 1.54) is 51.4 Å². The van der Waals surface area contributed by atoms with Gasteiger partial charge in [-0.05, 0) is 25.0 Å². The average Bonchev–Trinajstić information content (AvgIpc) is 2.60. The Hall–Kier alpha value is -0.790. The van der Waals surface area contributed by atoms with Gasteiger partial charge in [-0.3, -0.25) is 4.79 Å². The van der Waals surface area contributed by atoms with Crippen molar-refractivity contribution < 1.29 is 4.79 Å². The van der Waals surface area contributed by atoms with Gasteiger partial charge in [-0.15, -0.1) is 0 Å². The molecule has 1 aliphatic rings. The summed E-state index contributed by atoms with van der Waals surface area (Å²) in [5.41, 5.74) is 0. The Morgan fingerprint density at radius 1 is 1.16 bits per heavy atom. The van der Waals surface area contributed by atoms with Crippen molar-refractivity contribution in [3.8, 4) is 0 Å². The van der Waals surface area contributed by atoms with E-state index in [-0.39, 0.29) is 5.91 Å². The van der Waals surface area contributed by atoms with Crippen LogP contribution in [0.4, 0.5) is 0 Å². The van der Waals surface area contributed by atoms with E-state index in [4.69, 9.17) is 0 Å². The Bertz CT molecular complexity index is 262. The second-order valence-electron chi connectivity index (χ2n) is 5.87. The van der Waals surface area contributed by atoms with Gasteiger partial charge in [0.1, 0.15) is 0 Å². The summed E-state index contributed by atoms with van der Waals surface area (Å²) in [6, 6.07) is 0. The first-order valence-corrected chi connectivity index (χ1v) is 8.20. The molecular weight excluding hydrogens is 234 g/mol. The van der Waals surface area contributed by atoms with Crippen molar-refractivity contribution in [2.45, 2.75) is 77.6 Å². The van der Waals surface area contributed by atoms with E-state index in [1.807, 2.05) is 0 Å². The van der Waals surface area contributed by atoms with E-state index in [1.54, 1.807) is 11.1 Å². The maximum atomic E-state index is 11.7. The summed E-state index contributed by atoms with van der Waals surface area (Å²) in [6.07, 6.45) is 15.6. The lowest BCUT2D eigenvalue weighted by Gasteiger charge is -2.15. The van der Waals surface area contributed by atoms with Crippen LogP contribution in [0, 0.1) is 5.92 Å². The van der Waals surface area contributed by atoms with Crippen LogP contribution in [0.25, 0.3) is 0 Å². The maximum Gasteiger partial charge on any atom is 0.226 e. The third-order valence-electron chi connectivity index (χ3n) is 4.30. The average molecular weight is 265 g/mol. The van der Waals surface area contributed by atoms with Gasteiger partial charge in [-0.2, -0.15) is 0 Å². The molecule has 0 saturated carbocycles. The number of likely N-dealkylation sites (tertiary alicyclic amines) is 1. The van der Waals surface area contributed by atoms with Gasteiger partial charge in [0.15, 0.2) is 0 Å². The van der Waals surface area contributed by atoms with Gasteiger partial charge in [0.25, 0.3) is 0 Å². The standard InChI is InChI=1S/C17H31NO/c1-3-5-6-7-8-9-10-11-16-12-13-17(19)18(4-2)15-14-16/h4,16H,2-3,5-15H2,1H3. The van der Waals surface area contributed by atoms with E-state index >= 15 is 0 Å². The molecule has 0 aromatic heterocycles. The molecule has 1 atom stereocenters. The van der Waals surface area contributed by atoms with E-state index in [2.05, 4.69) is 13.5 Å². The first-order chi connectivity index (χ1) is 9.27. The summed E-state index contributed by atoms with van der Waals surface area (Å²) in [5, 5.41) is 0. The zero-order valence-corrected chi connectivity index (χ0v) is 12.7. The molecular formula is C17H31NO. The van der Waals surface area contributed by atoms with Crippen molar-refractivity contribution in [2.75, 3.05) is 6.54 Å². The third kappa shape index (κ3) is 6.79. The summed E-state index contributed by atoms with van der Waals surface area (Å²) in [7, 11) is 0. The first kappa shape index (κ1) is 16.3. The molecule has 1 amide bonds. The summed E-state index contributed by atoms with van der Waals surface area (Å²) >= 11 is 0. The lowest BCUT2D eigenvalue weighted by atomic mass is 9.93. The van der Waals surface area contributed by atoms with Crippen molar-refractivity contribution in [1.82, 2.24) is 4.90 Å². The van der Waals surface area contributed by atoms with E-state index in [9.17, 15) is 4.79 Å². The molecule has 0 bridgehead atoms. The van der Waals surface area contributed by atoms with Crippen LogP contribution in [-0.2, 0) is 4.79 Å². The Balaban J connectivity index is 2.06. The van der Waals surface area contributed by atoms with Crippen molar-refractivity contribution in [3.05, 3.63) is 12.8 Å². The minimum Gasteiger partial charge on any atom is -0.320 e. The first-order valence-electron chi connectivity index (χ1n) is 8.20. The van der Waals surface area contributed by atoms with Gasteiger partial charge in [-0.1, -0.05) is 64.9 Å². The number of hydrogen-bond donors (Lipinski definition) is 0. The largest absolute Gasteiger partial charge is 0.320 e. The molecule has 0 aromatic rings. The lowest BCUT2D eigenvalue weighted by Crippen LogP contribution is -2.24. The zero-order valence-electron chi connectivity index (χ0n) is 12.7. The lowest BCUT2D eigenvalue weighted by molar-refractivity contribution is -0.128. The van der Waals surface area contributed by atoms with Crippen LogP contribution in [0.3, 0.4) is 0 Å². The zero-order chi connectivity index (χ0) is 13.9. The highest BCUT2D eigenvalue weighted by Crippen LogP contribution is 2.24.